The van der Waals surface area contributed by atoms with Gasteiger partial charge in [-0.05, 0) is 62.2 Å². The molecular weight excluding hydrogens is 290 g/mol. The molecule has 1 aromatic carbocycles. The molecule has 5 nitrogen and oxygen atoms in total. The summed E-state index contributed by atoms with van der Waals surface area (Å²) in [5, 5.41) is 4.05. The summed E-state index contributed by atoms with van der Waals surface area (Å²) in [6, 6.07) is 5.80. The first kappa shape index (κ1) is 17.5. The fourth-order valence-corrected chi connectivity index (χ4v) is 2.87. The van der Waals surface area contributed by atoms with Crippen LogP contribution in [-0.2, 0) is 4.79 Å². The zero-order valence-corrected chi connectivity index (χ0v) is 14.2. The van der Waals surface area contributed by atoms with Gasteiger partial charge in [0.2, 0.25) is 0 Å². The standard InChI is InChI=1S/C18H27N3O2/c1-15-12-16(8-9-17(15)23-2)13-19-20-18(22)14-21-10-6-4-3-5-7-11-21/h8-9,12-13H,3-7,10-11,14H2,1-2H3,(H,20,22). The lowest BCUT2D eigenvalue weighted by atomic mass is 10.1. The summed E-state index contributed by atoms with van der Waals surface area (Å²) >= 11 is 0. The van der Waals surface area contributed by atoms with Crippen LogP contribution in [0.5, 0.6) is 5.75 Å². The maximum Gasteiger partial charge on any atom is 0.254 e. The number of carbonyl (C=O) groups excluding carboxylic acids is 1. The normalized spacial score (nSPS) is 16.8. The largest absolute Gasteiger partial charge is 0.496 e. The number of nitrogens with one attached hydrogen (secondary N) is 1. The van der Waals surface area contributed by atoms with E-state index in [1.807, 2.05) is 25.1 Å². The van der Waals surface area contributed by atoms with E-state index in [1.54, 1.807) is 13.3 Å². The van der Waals surface area contributed by atoms with Gasteiger partial charge in [0.05, 0.1) is 19.9 Å². The third kappa shape index (κ3) is 6.02. The van der Waals surface area contributed by atoms with Crippen LogP contribution in [0.2, 0.25) is 0 Å². The predicted octanol–water partition coefficient (Wildman–Crippen LogP) is 2.72. The van der Waals surface area contributed by atoms with Gasteiger partial charge in [0, 0.05) is 0 Å². The van der Waals surface area contributed by atoms with Crippen molar-refractivity contribution >= 4 is 12.1 Å². The van der Waals surface area contributed by atoms with Crippen LogP contribution in [0.4, 0.5) is 0 Å². The quantitative estimate of drug-likeness (QED) is 0.671. The van der Waals surface area contributed by atoms with Crippen molar-refractivity contribution in [1.82, 2.24) is 10.3 Å². The summed E-state index contributed by atoms with van der Waals surface area (Å²) in [5.74, 6) is 0.801. The second kappa shape index (κ2) is 9.30. The van der Waals surface area contributed by atoms with Crippen molar-refractivity contribution in [3.8, 4) is 5.75 Å². The van der Waals surface area contributed by atoms with Crippen LogP contribution in [0, 0.1) is 6.92 Å². The average molecular weight is 317 g/mol. The van der Waals surface area contributed by atoms with Crippen LogP contribution in [0.15, 0.2) is 23.3 Å². The molecular formula is C18H27N3O2. The molecule has 1 aliphatic heterocycles. The number of hydrazone groups is 1. The van der Waals surface area contributed by atoms with Gasteiger partial charge in [-0.25, -0.2) is 5.43 Å². The molecule has 0 unspecified atom stereocenters. The predicted molar refractivity (Wildman–Crippen MR) is 93.0 cm³/mol. The molecule has 5 heteroatoms. The van der Waals surface area contributed by atoms with E-state index < -0.39 is 0 Å². The molecule has 23 heavy (non-hydrogen) atoms. The number of rotatable bonds is 5. The van der Waals surface area contributed by atoms with Gasteiger partial charge in [-0.2, -0.15) is 5.10 Å². The number of nitrogens with zero attached hydrogens (tertiary/aromatic N) is 2. The van der Waals surface area contributed by atoms with E-state index in [9.17, 15) is 4.79 Å². The summed E-state index contributed by atoms with van der Waals surface area (Å²) in [5.41, 5.74) is 4.60. The van der Waals surface area contributed by atoms with E-state index in [2.05, 4.69) is 15.4 Å². The number of likely N-dealkylation sites (tertiary alicyclic amines) is 1. The highest BCUT2D eigenvalue weighted by Gasteiger charge is 2.11. The van der Waals surface area contributed by atoms with Crippen LogP contribution >= 0.6 is 0 Å². The number of ether oxygens (including phenoxy) is 1. The first-order chi connectivity index (χ1) is 11.2. The first-order valence-electron chi connectivity index (χ1n) is 8.38. The molecule has 1 fully saturated rings. The molecule has 1 amide bonds. The highest BCUT2D eigenvalue weighted by atomic mass is 16.5. The van der Waals surface area contributed by atoms with E-state index in [4.69, 9.17) is 4.74 Å². The fourth-order valence-electron chi connectivity index (χ4n) is 2.87. The van der Waals surface area contributed by atoms with Crippen LogP contribution in [-0.4, -0.2) is 43.8 Å². The lowest BCUT2D eigenvalue weighted by Crippen LogP contribution is -2.37. The van der Waals surface area contributed by atoms with Crippen LogP contribution in [0.3, 0.4) is 0 Å². The monoisotopic (exact) mass is 317 g/mol. The highest BCUT2D eigenvalue weighted by molar-refractivity contribution is 5.83. The molecule has 2 rings (SSSR count). The van der Waals surface area contributed by atoms with E-state index in [0.29, 0.717) is 6.54 Å². The number of hydrogen-bond acceptors (Lipinski definition) is 4. The second-order valence-electron chi connectivity index (χ2n) is 6.07. The lowest BCUT2D eigenvalue weighted by Gasteiger charge is -2.23. The number of amides is 1. The maximum atomic E-state index is 12.0. The smallest absolute Gasteiger partial charge is 0.254 e. The Labute approximate surface area is 138 Å². The Bertz CT molecular complexity index is 535. The Balaban J connectivity index is 1.79. The van der Waals surface area contributed by atoms with Crippen molar-refractivity contribution in [2.75, 3.05) is 26.7 Å². The molecule has 1 aliphatic rings. The summed E-state index contributed by atoms with van der Waals surface area (Å²) in [7, 11) is 1.65. The van der Waals surface area contributed by atoms with Crippen LogP contribution in [0.25, 0.3) is 0 Å². The fraction of sp³-hybridized carbons (Fsp3) is 0.556. The number of methoxy groups -OCH3 is 1. The number of benzene rings is 1. The van der Waals surface area contributed by atoms with Crippen molar-refractivity contribution in [1.29, 1.82) is 0 Å². The molecule has 0 spiro atoms. The van der Waals surface area contributed by atoms with Gasteiger partial charge < -0.3 is 4.74 Å². The molecule has 1 saturated heterocycles. The van der Waals surface area contributed by atoms with E-state index in [-0.39, 0.29) is 5.91 Å². The minimum absolute atomic E-state index is 0.0490. The minimum atomic E-state index is -0.0490. The van der Waals surface area contributed by atoms with Crippen molar-refractivity contribution in [3.05, 3.63) is 29.3 Å². The Morgan fingerprint density at radius 1 is 1.26 bits per heavy atom. The Kier molecular flexibility index (Phi) is 7.07. The third-order valence-corrected chi connectivity index (χ3v) is 4.14. The van der Waals surface area contributed by atoms with E-state index >= 15 is 0 Å². The highest BCUT2D eigenvalue weighted by Crippen LogP contribution is 2.17. The Morgan fingerprint density at radius 3 is 2.61 bits per heavy atom. The summed E-state index contributed by atoms with van der Waals surface area (Å²) in [6.45, 7) is 4.43. The van der Waals surface area contributed by atoms with Gasteiger partial charge in [0.1, 0.15) is 5.75 Å². The molecule has 0 saturated carbocycles. The van der Waals surface area contributed by atoms with Crippen molar-refractivity contribution in [2.45, 2.75) is 39.0 Å². The third-order valence-electron chi connectivity index (χ3n) is 4.14. The van der Waals surface area contributed by atoms with Gasteiger partial charge in [0.25, 0.3) is 5.91 Å². The zero-order valence-electron chi connectivity index (χ0n) is 14.2. The minimum Gasteiger partial charge on any atom is -0.496 e. The van der Waals surface area contributed by atoms with Crippen molar-refractivity contribution < 1.29 is 9.53 Å². The molecule has 0 aliphatic carbocycles. The van der Waals surface area contributed by atoms with Gasteiger partial charge in [-0.3, -0.25) is 9.69 Å². The SMILES string of the molecule is COc1ccc(C=NNC(=O)CN2CCCCCCC2)cc1C. The van der Waals surface area contributed by atoms with Gasteiger partial charge >= 0.3 is 0 Å². The summed E-state index contributed by atoms with van der Waals surface area (Å²) < 4.78 is 5.23. The number of hydrogen-bond donors (Lipinski definition) is 1. The summed E-state index contributed by atoms with van der Waals surface area (Å²) in [4.78, 5) is 14.2. The van der Waals surface area contributed by atoms with Gasteiger partial charge in [0.15, 0.2) is 0 Å². The Hall–Kier alpha value is -1.88. The van der Waals surface area contributed by atoms with Crippen LogP contribution < -0.4 is 10.2 Å². The molecule has 0 bridgehead atoms. The average Bonchev–Trinajstić information content (AvgIpc) is 2.50. The van der Waals surface area contributed by atoms with Gasteiger partial charge in [-0.15, -0.1) is 0 Å². The molecule has 126 valence electrons. The van der Waals surface area contributed by atoms with Gasteiger partial charge in [-0.1, -0.05) is 19.3 Å². The zero-order chi connectivity index (χ0) is 16.5. The second-order valence-corrected chi connectivity index (χ2v) is 6.07. The first-order valence-corrected chi connectivity index (χ1v) is 8.38. The molecule has 1 aromatic rings. The van der Waals surface area contributed by atoms with Crippen molar-refractivity contribution in [2.24, 2.45) is 5.10 Å². The van der Waals surface area contributed by atoms with Crippen LogP contribution in [0.1, 0.15) is 43.2 Å². The van der Waals surface area contributed by atoms with E-state index in [1.165, 1.54) is 32.1 Å². The maximum absolute atomic E-state index is 12.0. The molecule has 0 radical (unpaired) electrons. The lowest BCUT2D eigenvalue weighted by molar-refractivity contribution is -0.122. The van der Waals surface area contributed by atoms with E-state index in [0.717, 1.165) is 30.0 Å². The molecule has 1 heterocycles. The molecule has 0 atom stereocenters. The summed E-state index contributed by atoms with van der Waals surface area (Å²) in [6.07, 6.45) is 7.90. The number of aryl methyl sites for hydroxylation is 1. The number of carbonyl (C=O) groups is 1. The molecule has 0 aromatic heterocycles. The Morgan fingerprint density at radius 2 is 1.96 bits per heavy atom. The molecule has 1 N–H and O–H groups in total. The topological polar surface area (TPSA) is 53.9 Å². The van der Waals surface area contributed by atoms with Crippen molar-refractivity contribution in [3.63, 3.8) is 0 Å².